The maximum atomic E-state index is 13.5. The molecular weight excluding hydrogens is 481 g/mol. The zero-order valence-corrected chi connectivity index (χ0v) is 21.9. The third-order valence-electron chi connectivity index (χ3n) is 8.05. The Balaban J connectivity index is 1.47. The van der Waals surface area contributed by atoms with Gasteiger partial charge in [0.05, 0.1) is 11.8 Å². The van der Waals surface area contributed by atoms with Gasteiger partial charge in [-0.15, -0.1) is 0 Å². The molecular formula is C27H37F3N6O. The van der Waals surface area contributed by atoms with Gasteiger partial charge in [-0.25, -0.2) is 4.98 Å². The van der Waals surface area contributed by atoms with Crippen molar-refractivity contribution < 1.29 is 18.0 Å². The van der Waals surface area contributed by atoms with E-state index in [0.29, 0.717) is 32.5 Å². The van der Waals surface area contributed by atoms with Crippen LogP contribution in [0.25, 0.3) is 0 Å². The van der Waals surface area contributed by atoms with Gasteiger partial charge in [-0.3, -0.25) is 14.8 Å². The third-order valence-corrected chi connectivity index (χ3v) is 8.05. The van der Waals surface area contributed by atoms with Crippen LogP contribution in [0.3, 0.4) is 0 Å². The number of anilines is 1. The standard InChI is InChI=1S/C27H37F3N6O/c1-21(2)33(3)20-26(22-5-4-6-23(17-22)27(28,29)30)7-11-35(12-8-26)25(19-37)36-15-13-34(14-16-36)24-18-31-9-10-32-24/h4-6,9-10,17-19,21,25H,7-8,11-16,20H2,1-3H3. The summed E-state index contributed by atoms with van der Waals surface area (Å²) in [6.07, 6.45) is 2.75. The lowest BCUT2D eigenvalue weighted by atomic mass is 9.71. The molecule has 1 aromatic carbocycles. The lowest BCUT2D eigenvalue weighted by Gasteiger charge is -2.48. The molecule has 2 aliphatic rings. The molecule has 10 heteroatoms. The number of nitrogens with zero attached hydrogens (tertiary/aromatic N) is 6. The van der Waals surface area contributed by atoms with Gasteiger partial charge >= 0.3 is 6.18 Å². The number of alkyl halides is 3. The van der Waals surface area contributed by atoms with Crippen LogP contribution in [0.1, 0.15) is 37.8 Å². The molecule has 1 atom stereocenters. The summed E-state index contributed by atoms with van der Waals surface area (Å²) in [7, 11) is 2.03. The van der Waals surface area contributed by atoms with Crippen LogP contribution in [0.2, 0.25) is 0 Å². The molecule has 3 heterocycles. The van der Waals surface area contributed by atoms with Gasteiger partial charge in [-0.1, -0.05) is 18.2 Å². The van der Waals surface area contributed by atoms with E-state index in [2.05, 4.69) is 43.4 Å². The van der Waals surface area contributed by atoms with E-state index in [9.17, 15) is 18.0 Å². The quantitative estimate of drug-likeness (QED) is 0.496. The van der Waals surface area contributed by atoms with Gasteiger partial charge in [0, 0.05) is 69.7 Å². The second kappa shape index (κ2) is 11.4. The molecule has 7 nitrogen and oxygen atoms in total. The fraction of sp³-hybridized carbons (Fsp3) is 0.593. The van der Waals surface area contributed by atoms with Crippen molar-refractivity contribution in [3.8, 4) is 0 Å². The van der Waals surface area contributed by atoms with Crippen molar-refractivity contribution in [3.63, 3.8) is 0 Å². The van der Waals surface area contributed by atoms with Crippen LogP contribution in [0.15, 0.2) is 42.9 Å². The molecule has 202 valence electrons. The Labute approximate surface area is 217 Å². The number of aldehydes is 1. The fourth-order valence-electron chi connectivity index (χ4n) is 5.51. The van der Waals surface area contributed by atoms with Crippen LogP contribution in [0.4, 0.5) is 19.0 Å². The Hall–Kier alpha value is -2.56. The van der Waals surface area contributed by atoms with Crippen LogP contribution in [-0.2, 0) is 16.4 Å². The highest BCUT2D eigenvalue weighted by molar-refractivity contribution is 5.57. The number of halogens is 3. The first kappa shape index (κ1) is 27.5. The number of aromatic nitrogens is 2. The number of hydrogen-bond donors (Lipinski definition) is 0. The lowest BCUT2D eigenvalue weighted by molar-refractivity contribution is -0.137. The Bertz CT molecular complexity index is 1020. The van der Waals surface area contributed by atoms with Crippen LogP contribution >= 0.6 is 0 Å². The van der Waals surface area contributed by atoms with Crippen molar-refractivity contribution in [2.75, 3.05) is 57.8 Å². The maximum absolute atomic E-state index is 13.5. The molecule has 37 heavy (non-hydrogen) atoms. The van der Waals surface area contributed by atoms with Gasteiger partial charge in [0.2, 0.25) is 0 Å². The number of hydrogen-bond acceptors (Lipinski definition) is 7. The van der Waals surface area contributed by atoms with E-state index in [0.717, 1.165) is 49.9 Å². The molecule has 0 radical (unpaired) electrons. The van der Waals surface area contributed by atoms with Crippen molar-refractivity contribution in [1.82, 2.24) is 24.7 Å². The Morgan fingerprint density at radius 2 is 1.73 bits per heavy atom. The summed E-state index contributed by atoms with van der Waals surface area (Å²) in [5, 5.41) is 0. The molecule has 1 aromatic heterocycles. The van der Waals surface area contributed by atoms with Crippen LogP contribution < -0.4 is 4.90 Å². The number of carbonyl (C=O) groups is 1. The molecule has 2 aromatic rings. The average Bonchev–Trinajstić information content (AvgIpc) is 2.90. The Morgan fingerprint density at radius 3 is 2.30 bits per heavy atom. The van der Waals surface area contributed by atoms with E-state index in [4.69, 9.17) is 0 Å². The summed E-state index contributed by atoms with van der Waals surface area (Å²) >= 11 is 0. The third kappa shape index (κ3) is 6.30. The zero-order valence-electron chi connectivity index (χ0n) is 21.9. The number of carbonyl (C=O) groups excluding carboxylic acids is 1. The van der Waals surface area contributed by atoms with Crippen LogP contribution in [-0.4, -0.2) is 96.0 Å². The number of likely N-dealkylation sites (N-methyl/N-ethyl adjacent to an activating group) is 1. The first-order valence-electron chi connectivity index (χ1n) is 13.0. The molecule has 0 bridgehead atoms. The fourth-order valence-corrected chi connectivity index (χ4v) is 5.51. The summed E-state index contributed by atoms with van der Waals surface area (Å²) in [4.78, 5) is 29.5. The number of rotatable bonds is 8. The van der Waals surface area contributed by atoms with Gasteiger partial charge in [0.1, 0.15) is 12.0 Å². The summed E-state index contributed by atoms with van der Waals surface area (Å²) in [5.41, 5.74) is -0.282. The average molecular weight is 519 g/mol. The van der Waals surface area contributed by atoms with E-state index >= 15 is 0 Å². The molecule has 1 unspecified atom stereocenters. The minimum atomic E-state index is -4.38. The van der Waals surface area contributed by atoms with Crippen LogP contribution in [0.5, 0.6) is 0 Å². The Kier molecular flexibility index (Phi) is 8.50. The zero-order chi connectivity index (χ0) is 26.6. The van der Waals surface area contributed by atoms with Crippen molar-refractivity contribution in [2.45, 2.75) is 50.5 Å². The predicted octanol–water partition coefficient (Wildman–Crippen LogP) is 3.52. The van der Waals surface area contributed by atoms with E-state index in [1.54, 1.807) is 18.6 Å². The first-order chi connectivity index (χ1) is 17.6. The topological polar surface area (TPSA) is 55.8 Å². The second-order valence-electron chi connectivity index (χ2n) is 10.5. The Morgan fingerprint density at radius 1 is 1.05 bits per heavy atom. The highest BCUT2D eigenvalue weighted by Crippen LogP contribution is 2.40. The largest absolute Gasteiger partial charge is 0.416 e. The maximum Gasteiger partial charge on any atom is 0.416 e. The van der Waals surface area contributed by atoms with Crippen molar-refractivity contribution in [1.29, 1.82) is 0 Å². The minimum Gasteiger partial charge on any atom is -0.353 e. The van der Waals surface area contributed by atoms with E-state index < -0.39 is 17.2 Å². The number of piperazine rings is 1. The monoisotopic (exact) mass is 518 g/mol. The van der Waals surface area contributed by atoms with E-state index in [1.165, 1.54) is 12.1 Å². The SMILES string of the molecule is CC(C)N(C)CC1(c2cccc(C(F)(F)F)c2)CCN(C(C=O)N2CCN(c3cnccn3)CC2)CC1. The highest BCUT2D eigenvalue weighted by atomic mass is 19.4. The number of likely N-dealkylation sites (tertiary alicyclic amines) is 1. The molecule has 2 fully saturated rings. The predicted molar refractivity (Wildman–Crippen MR) is 137 cm³/mol. The molecule has 0 N–H and O–H groups in total. The van der Waals surface area contributed by atoms with Gasteiger partial charge in [0.15, 0.2) is 6.29 Å². The van der Waals surface area contributed by atoms with Gasteiger partial charge in [0.25, 0.3) is 0 Å². The molecule has 0 spiro atoms. The van der Waals surface area contributed by atoms with Gasteiger partial charge in [-0.2, -0.15) is 13.2 Å². The molecule has 4 rings (SSSR count). The number of benzene rings is 1. The first-order valence-corrected chi connectivity index (χ1v) is 13.0. The lowest BCUT2D eigenvalue weighted by Crippen LogP contribution is -2.60. The second-order valence-corrected chi connectivity index (χ2v) is 10.5. The summed E-state index contributed by atoms with van der Waals surface area (Å²) in [6.45, 7) is 9.12. The van der Waals surface area contributed by atoms with Crippen molar-refractivity contribution in [2.24, 2.45) is 0 Å². The summed E-state index contributed by atoms with van der Waals surface area (Å²) in [6, 6.07) is 6.09. The highest BCUT2D eigenvalue weighted by Gasteiger charge is 2.41. The van der Waals surface area contributed by atoms with Crippen molar-refractivity contribution in [3.05, 3.63) is 54.0 Å². The minimum absolute atomic E-state index is 0.272. The van der Waals surface area contributed by atoms with Crippen LogP contribution in [0, 0.1) is 0 Å². The van der Waals surface area contributed by atoms with E-state index in [1.807, 2.05) is 13.1 Å². The molecule has 2 saturated heterocycles. The molecule has 0 saturated carbocycles. The smallest absolute Gasteiger partial charge is 0.353 e. The van der Waals surface area contributed by atoms with Crippen molar-refractivity contribution >= 4 is 12.1 Å². The molecule has 2 aliphatic heterocycles. The summed E-state index contributed by atoms with van der Waals surface area (Å²) < 4.78 is 40.6. The number of piperidine rings is 1. The van der Waals surface area contributed by atoms with E-state index in [-0.39, 0.29) is 12.2 Å². The molecule has 0 aliphatic carbocycles. The van der Waals surface area contributed by atoms with Gasteiger partial charge in [-0.05, 0) is 45.4 Å². The van der Waals surface area contributed by atoms with Gasteiger partial charge < -0.3 is 14.6 Å². The molecule has 0 amide bonds. The summed E-state index contributed by atoms with van der Waals surface area (Å²) in [5.74, 6) is 0.836. The normalized spacial score (nSPS) is 20.4.